The average Bonchev–Trinajstić information content (AvgIpc) is 2.35. The zero-order chi connectivity index (χ0) is 13.6. The van der Waals surface area contributed by atoms with E-state index in [4.69, 9.17) is 11.6 Å². The summed E-state index contributed by atoms with van der Waals surface area (Å²) in [5.41, 5.74) is -0.115. The smallest absolute Gasteiger partial charge is 0.258 e. The second-order valence-electron chi connectivity index (χ2n) is 3.82. The Bertz CT molecular complexity index is 498. The molecule has 0 N–H and O–H groups in total. The van der Waals surface area contributed by atoms with Crippen LogP contribution in [0.4, 0.5) is 5.69 Å². The molecule has 0 radical (unpaired) electrons. The molecule has 0 aromatic heterocycles. The van der Waals surface area contributed by atoms with Gasteiger partial charge in [0.25, 0.3) is 5.69 Å². The Morgan fingerprint density at radius 1 is 1.11 bits per heavy atom. The number of halogens is 1. The van der Waals surface area contributed by atoms with E-state index in [1.54, 1.807) is 0 Å². The summed E-state index contributed by atoms with van der Waals surface area (Å²) >= 11 is 5.50. The van der Waals surface area contributed by atoms with Gasteiger partial charge in [-0.3, -0.25) is 10.1 Å². The first-order valence-corrected chi connectivity index (χ1v) is 7.69. The van der Waals surface area contributed by atoms with Gasteiger partial charge in [0.2, 0.25) is 0 Å². The quantitative estimate of drug-likeness (QED) is 0.335. The third-order valence-corrected chi connectivity index (χ3v) is 4.54. The molecule has 0 saturated heterocycles. The second-order valence-corrected chi connectivity index (χ2v) is 6.31. The first-order valence-electron chi connectivity index (χ1n) is 5.50. The second kappa shape index (κ2) is 6.70. The molecule has 0 atom stereocenters. The van der Waals surface area contributed by atoms with Gasteiger partial charge in [0.15, 0.2) is 9.84 Å². The predicted molar refractivity (Wildman–Crippen MR) is 69.7 cm³/mol. The van der Waals surface area contributed by atoms with E-state index in [0.29, 0.717) is 12.3 Å². The Morgan fingerprint density at radius 3 is 2.22 bits per heavy atom. The van der Waals surface area contributed by atoms with Crippen molar-refractivity contribution in [2.45, 2.75) is 24.2 Å². The molecule has 0 spiro atoms. The molecule has 1 aromatic carbocycles. The van der Waals surface area contributed by atoms with E-state index in [2.05, 4.69) is 0 Å². The van der Waals surface area contributed by atoms with Crippen LogP contribution in [-0.4, -0.2) is 25.0 Å². The van der Waals surface area contributed by atoms with E-state index in [0.717, 1.165) is 12.8 Å². The molecule has 0 aliphatic heterocycles. The fourth-order valence-corrected chi connectivity index (χ4v) is 3.02. The summed E-state index contributed by atoms with van der Waals surface area (Å²) < 4.78 is 23.7. The van der Waals surface area contributed by atoms with Gasteiger partial charge in [0, 0.05) is 18.0 Å². The van der Waals surface area contributed by atoms with Gasteiger partial charge in [0.05, 0.1) is 15.6 Å². The van der Waals surface area contributed by atoms with Gasteiger partial charge < -0.3 is 0 Å². The monoisotopic (exact) mass is 291 g/mol. The first-order chi connectivity index (χ1) is 8.47. The number of hydrogen-bond donors (Lipinski definition) is 0. The van der Waals surface area contributed by atoms with Gasteiger partial charge in [-0.1, -0.05) is 6.42 Å². The topological polar surface area (TPSA) is 77.3 Å². The maximum atomic E-state index is 11.9. The summed E-state index contributed by atoms with van der Waals surface area (Å²) in [6, 6.07) is 4.95. The van der Waals surface area contributed by atoms with Gasteiger partial charge >= 0.3 is 0 Å². The number of sulfone groups is 1. The van der Waals surface area contributed by atoms with Crippen LogP contribution in [-0.2, 0) is 9.84 Å². The normalized spacial score (nSPS) is 11.4. The highest BCUT2D eigenvalue weighted by atomic mass is 35.5. The summed E-state index contributed by atoms with van der Waals surface area (Å²) in [4.78, 5) is 10.0. The summed E-state index contributed by atoms with van der Waals surface area (Å²) in [6.45, 7) is 0. The van der Waals surface area contributed by atoms with Crippen LogP contribution in [0.15, 0.2) is 29.2 Å². The van der Waals surface area contributed by atoms with E-state index in [-0.39, 0.29) is 16.3 Å². The third-order valence-electron chi connectivity index (χ3n) is 2.45. The molecule has 0 fully saturated rings. The first kappa shape index (κ1) is 14.9. The molecular weight excluding hydrogens is 278 g/mol. The van der Waals surface area contributed by atoms with E-state index in [9.17, 15) is 18.5 Å². The number of rotatable bonds is 7. The Labute approximate surface area is 111 Å². The van der Waals surface area contributed by atoms with Crippen molar-refractivity contribution in [3.63, 3.8) is 0 Å². The number of alkyl halides is 1. The maximum Gasteiger partial charge on any atom is 0.269 e. The minimum atomic E-state index is -3.35. The standard InChI is InChI=1S/C11H14ClNO4S/c12-8-2-1-3-9-18(16,17)11-6-4-10(5-7-11)13(14)15/h4-7H,1-3,8-9H2. The van der Waals surface area contributed by atoms with Crippen molar-refractivity contribution in [1.82, 2.24) is 0 Å². The molecule has 5 nitrogen and oxygen atoms in total. The maximum absolute atomic E-state index is 11.9. The van der Waals surface area contributed by atoms with Gasteiger partial charge in [-0.05, 0) is 25.0 Å². The molecule has 1 aromatic rings. The number of nitro groups is 1. The highest BCUT2D eigenvalue weighted by Gasteiger charge is 2.15. The molecule has 0 aliphatic carbocycles. The van der Waals surface area contributed by atoms with Crippen LogP contribution in [0.25, 0.3) is 0 Å². The van der Waals surface area contributed by atoms with Crippen LogP contribution in [0.3, 0.4) is 0 Å². The molecule has 1 rings (SSSR count). The zero-order valence-corrected chi connectivity index (χ0v) is 11.3. The number of unbranched alkanes of at least 4 members (excludes halogenated alkanes) is 2. The fraction of sp³-hybridized carbons (Fsp3) is 0.455. The van der Waals surface area contributed by atoms with Crippen LogP contribution in [0.1, 0.15) is 19.3 Å². The highest BCUT2D eigenvalue weighted by molar-refractivity contribution is 7.91. The van der Waals surface area contributed by atoms with E-state index >= 15 is 0 Å². The minimum Gasteiger partial charge on any atom is -0.258 e. The number of hydrogen-bond acceptors (Lipinski definition) is 4. The van der Waals surface area contributed by atoms with E-state index in [1.807, 2.05) is 0 Å². The van der Waals surface area contributed by atoms with Crippen molar-refractivity contribution in [2.24, 2.45) is 0 Å². The molecule has 7 heteroatoms. The van der Waals surface area contributed by atoms with Crippen LogP contribution >= 0.6 is 11.6 Å². The molecule has 0 unspecified atom stereocenters. The molecule has 0 amide bonds. The lowest BCUT2D eigenvalue weighted by molar-refractivity contribution is -0.384. The van der Waals surface area contributed by atoms with Gasteiger partial charge in [-0.25, -0.2) is 8.42 Å². The SMILES string of the molecule is O=[N+]([O-])c1ccc(S(=O)(=O)CCCCCCl)cc1. The average molecular weight is 292 g/mol. The highest BCUT2D eigenvalue weighted by Crippen LogP contribution is 2.18. The van der Waals surface area contributed by atoms with Crippen molar-refractivity contribution >= 4 is 27.1 Å². The Hall–Kier alpha value is -1.14. The van der Waals surface area contributed by atoms with Gasteiger partial charge in [-0.15, -0.1) is 11.6 Å². The molecular formula is C11H14ClNO4S. The molecule has 0 heterocycles. The molecule has 0 aliphatic rings. The van der Waals surface area contributed by atoms with Crippen molar-refractivity contribution < 1.29 is 13.3 Å². The van der Waals surface area contributed by atoms with E-state index < -0.39 is 14.8 Å². The molecule has 100 valence electrons. The largest absolute Gasteiger partial charge is 0.269 e. The zero-order valence-electron chi connectivity index (χ0n) is 9.71. The van der Waals surface area contributed by atoms with E-state index in [1.165, 1.54) is 24.3 Å². The number of nitrogens with zero attached hydrogens (tertiary/aromatic N) is 1. The third kappa shape index (κ3) is 4.27. The molecule has 0 saturated carbocycles. The number of nitro benzene ring substituents is 1. The fourth-order valence-electron chi connectivity index (χ4n) is 1.46. The summed E-state index contributed by atoms with van der Waals surface area (Å²) in [7, 11) is -3.35. The van der Waals surface area contributed by atoms with Crippen LogP contribution < -0.4 is 0 Å². The number of non-ortho nitro benzene ring substituents is 1. The summed E-state index contributed by atoms with van der Waals surface area (Å²) in [5.74, 6) is 0.569. The lowest BCUT2D eigenvalue weighted by atomic mass is 10.3. The lowest BCUT2D eigenvalue weighted by Crippen LogP contribution is -2.07. The predicted octanol–water partition coefficient (Wildman–Crippen LogP) is 2.78. The van der Waals surface area contributed by atoms with Crippen molar-refractivity contribution in [3.8, 4) is 0 Å². The summed E-state index contributed by atoms with van der Waals surface area (Å²) in [6.07, 6.45) is 2.10. The Morgan fingerprint density at radius 2 is 1.72 bits per heavy atom. The lowest BCUT2D eigenvalue weighted by Gasteiger charge is -2.03. The minimum absolute atomic E-state index is 0.0434. The Kier molecular flexibility index (Phi) is 5.55. The van der Waals surface area contributed by atoms with Crippen molar-refractivity contribution in [1.29, 1.82) is 0 Å². The molecule has 0 bridgehead atoms. The Balaban J connectivity index is 2.70. The van der Waals surface area contributed by atoms with Gasteiger partial charge in [-0.2, -0.15) is 0 Å². The van der Waals surface area contributed by atoms with Crippen molar-refractivity contribution in [3.05, 3.63) is 34.4 Å². The van der Waals surface area contributed by atoms with Crippen LogP contribution in [0.5, 0.6) is 0 Å². The molecule has 18 heavy (non-hydrogen) atoms. The van der Waals surface area contributed by atoms with Crippen LogP contribution in [0.2, 0.25) is 0 Å². The number of benzene rings is 1. The van der Waals surface area contributed by atoms with Crippen LogP contribution in [0, 0.1) is 10.1 Å². The van der Waals surface area contributed by atoms with Gasteiger partial charge in [0.1, 0.15) is 0 Å². The van der Waals surface area contributed by atoms with Crippen molar-refractivity contribution in [2.75, 3.05) is 11.6 Å². The summed E-state index contributed by atoms with van der Waals surface area (Å²) in [5, 5.41) is 10.4.